The maximum atomic E-state index is 13.1. The van der Waals surface area contributed by atoms with Gasteiger partial charge in [-0.2, -0.15) is 0 Å². The molecule has 104 valence electrons. The van der Waals surface area contributed by atoms with E-state index in [9.17, 15) is 9.18 Å². The second kappa shape index (κ2) is 4.44. The van der Waals surface area contributed by atoms with Crippen LogP contribution in [0.2, 0.25) is 5.15 Å². The quantitative estimate of drug-likeness (QED) is 0.866. The standard InChI is InChI=1S/C14H18ClFN2O/c1-13(2)10(14(13,3)4)7-18-12(19)9-5-8(16)6-17-11(9)15/h5-6,10H,7H2,1-4H3,(H,18,19). The molecule has 0 aliphatic heterocycles. The lowest BCUT2D eigenvalue weighted by Gasteiger charge is -2.07. The predicted octanol–water partition coefficient (Wildman–Crippen LogP) is 3.29. The summed E-state index contributed by atoms with van der Waals surface area (Å²) in [5.74, 6) is -0.540. The molecule has 1 amide bonds. The third-order valence-corrected chi connectivity index (χ3v) is 5.14. The molecule has 1 saturated carbocycles. The fourth-order valence-electron chi connectivity index (χ4n) is 2.72. The molecule has 0 saturated heterocycles. The highest BCUT2D eigenvalue weighted by Crippen LogP contribution is 2.67. The van der Waals surface area contributed by atoms with Crippen molar-refractivity contribution in [1.29, 1.82) is 0 Å². The third-order valence-electron chi connectivity index (χ3n) is 4.84. The lowest BCUT2D eigenvalue weighted by Crippen LogP contribution is -2.27. The van der Waals surface area contributed by atoms with Gasteiger partial charge in [-0.1, -0.05) is 39.3 Å². The van der Waals surface area contributed by atoms with Crippen molar-refractivity contribution >= 4 is 17.5 Å². The summed E-state index contributed by atoms with van der Waals surface area (Å²) in [5, 5.41) is 2.83. The summed E-state index contributed by atoms with van der Waals surface area (Å²) in [6.45, 7) is 9.29. The normalized spacial score (nSPS) is 20.1. The molecule has 1 aliphatic rings. The van der Waals surface area contributed by atoms with Gasteiger partial charge < -0.3 is 5.32 Å². The molecule has 2 rings (SSSR count). The van der Waals surface area contributed by atoms with E-state index in [1.165, 1.54) is 0 Å². The average Bonchev–Trinajstić information content (AvgIpc) is 2.70. The number of rotatable bonds is 3. The number of amides is 1. The van der Waals surface area contributed by atoms with Gasteiger partial charge in [0.2, 0.25) is 0 Å². The second-order valence-electron chi connectivity index (χ2n) is 6.20. The largest absolute Gasteiger partial charge is 0.352 e. The van der Waals surface area contributed by atoms with Crippen LogP contribution in [-0.2, 0) is 0 Å². The van der Waals surface area contributed by atoms with Crippen LogP contribution in [0.15, 0.2) is 12.3 Å². The van der Waals surface area contributed by atoms with Crippen molar-refractivity contribution in [2.75, 3.05) is 6.54 Å². The van der Waals surface area contributed by atoms with Crippen LogP contribution in [0.3, 0.4) is 0 Å². The zero-order valence-corrected chi connectivity index (χ0v) is 12.3. The molecule has 0 unspecified atom stereocenters. The fourth-order valence-corrected chi connectivity index (χ4v) is 2.90. The molecule has 0 spiro atoms. The van der Waals surface area contributed by atoms with Gasteiger partial charge >= 0.3 is 0 Å². The molecule has 0 radical (unpaired) electrons. The Balaban J connectivity index is 2.02. The number of aromatic nitrogens is 1. The van der Waals surface area contributed by atoms with Gasteiger partial charge in [0.25, 0.3) is 5.91 Å². The van der Waals surface area contributed by atoms with E-state index in [0.29, 0.717) is 12.5 Å². The summed E-state index contributed by atoms with van der Waals surface area (Å²) in [5.41, 5.74) is 0.479. The number of hydrogen-bond donors (Lipinski definition) is 1. The molecule has 1 aromatic rings. The van der Waals surface area contributed by atoms with Crippen molar-refractivity contribution in [2.24, 2.45) is 16.7 Å². The van der Waals surface area contributed by atoms with Gasteiger partial charge in [0, 0.05) is 6.54 Å². The third kappa shape index (κ3) is 2.34. The van der Waals surface area contributed by atoms with Crippen LogP contribution in [0, 0.1) is 22.6 Å². The first-order chi connectivity index (χ1) is 8.68. The second-order valence-corrected chi connectivity index (χ2v) is 6.56. The molecule has 1 aliphatic carbocycles. The number of pyridine rings is 1. The van der Waals surface area contributed by atoms with E-state index in [1.54, 1.807) is 0 Å². The van der Waals surface area contributed by atoms with Gasteiger partial charge in [-0.25, -0.2) is 9.37 Å². The van der Waals surface area contributed by atoms with Crippen LogP contribution in [0.4, 0.5) is 4.39 Å². The summed E-state index contributed by atoms with van der Waals surface area (Å²) < 4.78 is 13.1. The van der Waals surface area contributed by atoms with Crippen LogP contribution < -0.4 is 5.32 Å². The highest BCUT2D eigenvalue weighted by Gasteiger charge is 2.64. The smallest absolute Gasteiger partial charge is 0.254 e. The lowest BCUT2D eigenvalue weighted by molar-refractivity contribution is 0.0949. The van der Waals surface area contributed by atoms with Crippen molar-refractivity contribution in [3.05, 3.63) is 28.8 Å². The molecule has 19 heavy (non-hydrogen) atoms. The molecule has 1 heterocycles. The number of hydrogen-bond acceptors (Lipinski definition) is 2. The van der Waals surface area contributed by atoms with E-state index < -0.39 is 5.82 Å². The summed E-state index contributed by atoms with van der Waals surface area (Å²) in [6, 6.07) is 1.11. The topological polar surface area (TPSA) is 42.0 Å². The number of carbonyl (C=O) groups is 1. The molecule has 0 bridgehead atoms. The first kappa shape index (κ1) is 14.3. The van der Waals surface area contributed by atoms with Gasteiger partial charge in [-0.3, -0.25) is 4.79 Å². The minimum absolute atomic E-state index is 0.0215. The van der Waals surface area contributed by atoms with E-state index in [4.69, 9.17) is 11.6 Å². The number of halogens is 2. The van der Waals surface area contributed by atoms with Crippen molar-refractivity contribution in [3.63, 3.8) is 0 Å². The van der Waals surface area contributed by atoms with Crippen LogP contribution >= 0.6 is 11.6 Å². The minimum atomic E-state index is -0.568. The maximum absolute atomic E-state index is 13.1. The van der Waals surface area contributed by atoms with Gasteiger partial charge in [-0.15, -0.1) is 0 Å². The molecule has 1 aromatic heterocycles. The van der Waals surface area contributed by atoms with Gasteiger partial charge in [0.1, 0.15) is 11.0 Å². The lowest BCUT2D eigenvalue weighted by atomic mass is 10.0. The van der Waals surface area contributed by atoms with Crippen LogP contribution in [0.25, 0.3) is 0 Å². The Hall–Kier alpha value is -1.16. The Morgan fingerprint density at radius 3 is 2.53 bits per heavy atom. The van der Waals surface area contributed by atoms with Gasteiger partial charge in [0.05, 0.1) is 11.8 Å². The molecule has 1 N–H and O–H groups in total. The van der Waals surface area contributed by atoms with Crippen molar-refractivity contribution in [3.8, 4) is 0 Å². The van der Waals surface area contributed by atoms with E-state index in [-0.39, 0.29) is 27.5 Å². The Labute approximate surface area is 117 Å². The van der Waals surface area contributed by atoms with Crippen LogP contribution in [0.5, 0.6) is 0 Å². The minimum Gasteiger partial charge on any atom is -0.352 e. The number of nitrogens with zero attached hydrogens (tertiary/aromatic N) is 1. The van der Waals surface area contributed by atoms with Crippen molar-refractivity contribution in [1.82, 2.24) is 10.3 Å². The molecular weight excluding hydrogens is 267 g/mol. The summed E-state index contributed by atoms with van der Waals surface area (Å²) in [7, 11) is 0. The number of carbonyl (C=O) groups excluding carboxylic acids is 1. The zero-order chi connectivity index (χ0) is 14.4. The Kier molecular flexibility index (Phi) is 3.33. The van der Waals surface area contributed by atoms with Crippen molar-refractivity contribution in [2.45, 2.75) is 27.7 Å². The summed E-state index contributed by atoms with van der Waals surface area (Å²) in [6.07, 6.45) is 0.992. The monoisotopic (exact) mass is 284 g/mol. The SMILES string of the molecule is CC1(C)C(CNC(=O)c2cc(F)cnc2Cl)C1(C)C. The molecule has 0 atom stereocenters. The molecule has 5 heteroatoms. The van der Waals surface area contributed by atoms with Gasteiger partial charge in [-0.05, 0) is 22.8 Å². The van der Waals surface area contributed by atoms with Crippen LogP contribution in [-0.4, -0.2) is 17.4 Å². The summed E-state index contributed by atoms with van der Waals surface area (Å²) in [4.78, 5) is 15.6. The Morgan fingerprint density at radius 2 is 2.00 bits per heavy atom. The zero-order valence-electron chi connectivity index (χ0n) is 11.6. The van der Waals surface area contributed by atoms with E-state index in [0.717, 1.165) is 12.3 Å². The van der Waals surface area contributed by atoms with E-state index in [1.807, 2.05) is 0 Å². The predicted molar refractivity (Wildman–Crippen MR) is 72.6 cm³/mol. The molecule has 3 nitrogen and oxygen atoms in total. The van der Waals surface area contributed by atoms with Gasteiger partial charge in [0.15, 0.2) is 0 Å². The summed E-state index contributed by atoms with van der Waals surface area (Å²) >= 11 is 5.80. The fraction of sp³-hybridized carbons (Fsp3) is 0.571. The van der Waals surface area contributed by atoms with E-state index >= 15 is 0 Å². The average molecular weight is 285 g/mol. The highest BCUT2D eigenvalue weighted by atomic mass is 35.5. The van der Waals surface area contributed by atoms with Crippen LogP contribution in [0.1, 0.15) is 38.1 Å². The first-order valence-corrected chi connectivity index (χ1v) is 6.65. The van der Waals surface area contributed by atoms with E-state index in [2.05, 4.69) is 38.0 Å². The maximum Gasteiger partial charge on any atom is 0.254 e. The Bertz CT molecular complexity index is 514. The Morgan fingerprint density at radius 1 is 1.42 bits per heavy atom. The molecule has 0 aromatic carbocycles. The first-order valence-electron chi connectivity index (χ1n) is 6.27. The van der Waals surface area contributed by atoms with Crippen molar-refractivity contribution < 1.29 is 9.18 Å². The molecule has 1 fully saturated rings. The number of nitrogens with one attached hydrogen (secondary N) is 1. The highest BCUT2D eigenvalue weighted by molar-refractivity contribution is 6.32. The molecular formula is C14H18ClFN2O.